The highest BCUT2D eigenvalue weighted by Crippen LogP contribution is 2.32. The average molecular weight is 403 g/mol. The summed E-state index contributed by atoms with van der Waals surface area (Å²) < 4.78 is 48.8. The first-order valence-corrected chi connectivity index (χ1v) is 7.99. The number of rotatable bonds is 6. The molecule has 154 valence electrons. The number of alkyl halides is 3. The van der Waals surface area contributed by atoms with Gasteiger partial charge in [0.2, 0.25) is 0 Å². The van der Waals surface area contributed by atoms with Crippen molar-refractivity contribution >= 4 is 11.9 Å². The van der Waals surface area contributed by atoms with Crippen LogP contribution < -0.4 is 4.74 Å². The van der Waals surface area contributed by atoms with Crippen molar-refractivity contribution in [1.82, 2.24) is 4.90 Å². The van der Waals surface area contributed by atoms with Crippen LogP contribution in [-0.2, 0) is 15.8 Å². The number of carboxylic acid groups (broad SMARTS) is 2. The largest absolute Gasteiger partial charge is 0.482 e. The van der Waals surface area contributed by atoms with Gasteiger partial charge in [0.25, 0.3) is 0 Å². The summed E-state index contributed by atoms with van der Waals surface area (Å²) in [6.07, 6.45) is -2.46. The van der Waals surface area contributed by atoms with E-state index >= 15 is 0 Å². The van der Waals surface area contributed by atoms with Crippen LogP contribution in [0.2, 0.25) is 0 Å². The lowest BCUT2D eigenvalue weighted by atomic mass is 10.1. The molecule has 1 aromatic heterocycles. The van der Waals surface area contributed by atoms with Crippen LogP contribution in [0.3, 0.4) is 0 Å². The van der Waals surface area contributed by atoms with Gasteiger partial charge in [-0.2, -0.15) is 13.2 Å². The number of halogens is 3. The normalized spacial score (nSPS) is 12.1. The van der Waals surface area contributed by atoms with Crippen molar-refractivity contribution in [2.75, 3.05) is 20.6 Å². The molecule has 7 nitrogen and oxygen atoms in total. The highest BCUT2D eigenvalue weighted by Gasteiger charge is 2.30. The zero-order valence-electron chi connectivity index (χ0n) is 15.1. The van der Waals surface area contributed by atoms with Gasteiger partial charge >= 0.3 is 18.1 Å². The van der Waals surface area contributed by atoms with Crippen LogP contribution in [-0.4, -0.2) is 47.7 Å². The lowest BCUT2D eigenvalue weighted by molar-refractivity contribution is -0.159. The molecular weight excluding hydrogens is 383 g/mol. The standard InChI is InChI=1S/C16H18F3NO2.C2H2O4/c1-20(2)10-9-15(14-4-3-11-21-14)22-13-7-5-12(6-8-13)16(17,18)19;3-1(4)2(5)6/h3-8,11,15H,9-10H2,1-2H3;(H,3,4)(H,5,6). The number of hydrogen-bond donors (Lipinski definition) is 2. The second kappa shape index (κ2) is 10.4. The molecule has 0 radical (unpaired) electrons. The smallest absolute Gasteiger partial charge is 0.416 e. The summed E-state index contributed by atoms with van der Waals surface area (Å²) in [7, 11) is 3.88. The van der Waals surface area contributed by atoms with Crippen LogP contribution in [0.25, 0.3) is 0 Å². The van der Waals surface area contributed by atoms with E-state index in [-0.39, 0.29) is 6.10 Å². The van der Waals surface area contributed by atoms with Gasteiger partial charge in [0.05, 0.1) is 11.8 Å². The third-order valence-electron chi connectivity index (χ3n) is 3.34. The van der Waals surface area contributed by atoms with Crippen molar-refractivity contribution in [2.24, 2.45) is 0 Å². The van der Waals surface area contributed by atoms with Gasteiger partial charge in [0.15, 0.2) is 6.10 Å². The van der Waals surface area contributed by atoms with E-state index in [9.17, 15) is 13.2 Å². The van der Waals surface area contributed by atoms with E-state index in [0.29, 0.717) is 17.9 Å². The van der Waals surface area contributed by atoms with E-state index in [1.165, 1.54) is 12.1 Å². The average Bonchev–Trinajstić information content (AvgIpc) is 3.13. The minimum absolute atomic E-state index is 0.339. The number of nitrogens with zero attached hydrogens (tertiary/aromatic N) is 1. The Balaban J connectivity index is 0.000000568. The van der Waals surface area contributed by atoms with Gasteiger partial charge in [-0.15, -0.1) is 0 Å². The van der Waals surface area contributed by atoms with Gasteiger partial charge in [0, 0.05) is 13.0 Å². The Morgan fingerprint density at radius 1 is 1.11 bits per heavy atom. The summed E-state index contributed by atoms with van der Waals surface area (Å²) in [5.74, 6) is -2.61. The summed E-state index contributed by atoms with van der Waals surface area (Å²) in [5, 5.41) is 14.8. The summed E-state index contributed by atoms with van der Waals surface area (Å²) in [6.45, 7) is 0.770. The molecular formula is C18H20F3NO6. The van der Waals surface area contributed by atoms with Crippen molar-refractivity contribution in [3.05, 3.63) is 54.0 Å². The Labute approximate surface area is 158 Å². The number of carboxylic acids is 2. The van der Waals surface area contributed by atoms with Crippen LogP contribution in [0, 0.1) is 0 Å². The SMILES string of the molecule is CN(C)CCC(Oc1ccc(C(F)(F)F)cc1)c1ccco1.O=C(O)C(=O)O. The Bertz CT molecular complexity index is 730. The zero-order valence-corrected chi connectivity index (χ0v) is 15.1. The fourth-order valence-corrected chi connectivity index (χ4v) is 2.00. The minimum Gasteiger partial charge on any atom is -0.482 e. The summed E-state index contributed by atoms with van der Waals surface area (Å²) >= 11 is 0. The molecule has 1 atom stereocenters. The third kappa shape index (κ3) is 8.12. The Kier molecular flexibility index (Phi) is 8.52. The number of furan rings is 1. The maximum atomic E-state index is 12.6. The Morgan fingerprint density at radius 3 is 2.07 bits per heavy atom. The molecule has 2 N–H and O–H groups in total. The number of hydrogen-bond acceptors (Lipinski definition) is 5. The quantitative estimate of drug-likeness (QED) is 0.712. The first-order chi connectivity index (χ1) is 13.0. The van der Waals surface area contributed by atoms with Crippen molar-refractivity contribution in [3.8, 4) is 5.75 Å². The van der Waals surface area contributed by atoms with Gasteiger partial charge in [-0.05, 0) is 50.5 Å². The van der Waals surface area contributed by atoms with E-state index in [0.717, 1.165) is 18.7 Å². The molecule has 1 unspecified atom stereocenters. The third-order valence-corrected chi connectivity index (χ3v) is 3.34. The van der Waals surface area contributed by atoms with Gasteiger partial charge in [-0.3, -0.25) is 0 Å². The summed E-state index contributed by atoms with van der Waals surface area (Å²) in [6, 6.07) is 8.24. The molecule has 0 saturated heterocycles. The molecule has 0 aliphatic heterocycles. The lowest BCUT2D eigenvalue weighted by Gasteiger charge is -2.19. The van der Waals surface area contributed by atoms with Crippen LogP contribution in [0.5, 0.6) is 5.75 Å². The topological polar surface area (TPSA) is 100 Å². The van der Waals surface area contributed by atoms with Crippen LogP contribution in [0.1, 0.15) is 23.8 Å². The van der Waals surface area contributed by atoms with Gasteiger partial charge in [-0.1, -0.05) is 0 Å². The van der Waals surface area contributed by atoms with Gasteiger partial charge in [0.1, 0.15) is 11.5 Å². The van der Waals surface area contributed by atoms with E-state index in [4.69, 9.17) is 29.0 Å². The Hall–Kier alpha value is -3.01. The minimum atomic E-state index is -4.34. The predicted molar refractivity (Wildman–Crippen MR) is 92.0 cm³/mol. The van der Waals surface area contributed by atoms with Crippen molar-refractivity contribution in [2.45, 2.75) is 18.7 Å². The maximum Gasteiger partial charge on any atom is 0.416 e. The molecule has 0 amide bonds. The number of aliphatic carboxylic acids is 2. The molecule has 2 aromatic rings. The van der Waals surface area contributed by atoms with Crippen LogP contribution in [0.15, 0.2) is 47.1 Å². The maximum absolute atomic E-state index is 12.6. The monoisotopic (exact) mass is 403 g/mol. The fraction of sp³-hybridized carbons (Fsp3) is 0.333. The second-order valence-electron chi connectivity index (χ2n) is 5.85. The molecule has 0 aliphatic rings. The number of carbonyl (C=O) groups is 2. The lowest BCUT2D eigenvalue weighted by Crippen LogP contribution is -2.18. The molecule has 0 bridgehead atoms. The molecule has 2 rings (SSSR count). The number of ether oxygens (including phenoxy) is 1. The first-order valence-electron chi connectivity index (χ1n) is 7.99. The number of benzene rings is 1. The molecule has 0 saturated carbocycles. The van der Waals surface area contributed by atoms with Crippen molar-refractivity contribution in [1.29, 1.82) is 0 Å². The molecule has 10 heteroatoms. The first kappa shape index (κ1) is 23.0. The highest BCUT2D eigenvalue weighted by molar-refractivity contribution is 6.27. The van der Waals surface area contributed by atoms with E-state index < -0.39 is 23.7 Å². The molecule has 0 spiro atoms. The zero-order chi connectivity index (χ0) is 21.3. The highest BCUT2D eigenvalue weighted by atomic mass is 19.4. The summed E-state index contributed by atoms with van der Waals surface area (Å²) in [4.78, 5) is 20.2. The van der Waals surface area contributed by atoms with Crippen molar-refractivity contribution in [3.63, 3.8) is 0 Å². The van der Waals surface area contributed by atoms with Gasteiger partial charge < -0.3 is 24.3 Å². The van der Waals surface area contributed by atoms with E-state index in [1.807, 2.05) is 19.0 Å². The molecule has 28 heavy (non-hydrogen) atoms. The summed E-state index contributed by atoms with van der Waals surface area (Å²) in [5.41, 5.74) is -0.692. The van der Waals surface area contributed by atoms with E-state index in [2.05, 4.69) is 0 Å². The fourth-order valence-electron chi connectivity index (χ4n) is 2.00. The Morgan fingerprint density at radius 2 is 1.68 bits per heavy atom. The van der Waals surface area contributed by atoms with Gasteiger partial charge in [-0.25, -0.2) is 9.59 Å². The molecule has 0 fully saturated rings. The van der Waals surface area contributed by atoms with Crippen LogP contribution >= 0.6 is 0 Å². The second-order valence-corrected chi connectivity index (χ2v) is 5.85. The van der Waals surface area contributed by atoms with Crippen molar-refractivity contribution < 1.29 is 42.1 Å². The predicted octanol–water partition coefficient (Wildman–Crippen LogP) is 3.53. The molecule has 0 aliphatic carbocycles. The van der Waals surface area contributed by atoms with Crippen LogP contribution in [0.4, 0.5) is 13.2 Å². The molecule has 1 heterocycles. The molecule has 1 aromatic carbocycles. The van der Waals surface area contributed by atoms with E-state index in [1.54, 1.807) is 18.4 Å².